The Balaban J connectivity index is 1.12. The molecule has 55 heavy (non-hydrogen) atoms. The molecule has 4 nitrogen and oxygen atoms in total. The van der Waals surface area contributed by atoms with Crippen LogP contribution in [0.2, 0.25) is 0 Å². The van der Waals surface area contributed by atoms with E-state index in [1.165, 1.54) is 47.3 Å². The van der Waals surface area contributed by atoms with Gasteiger partial charge in [-0.25, -0.2) is 19.9 Å². The van der Waals surface area contributed by atoms with E-state index in [1.807, 2.05) is 47.7 Å². The minimum Gasteiger partial charge on any atom is -0.247 e. The maximum absolute atomic E-state index is 5.50. The number of aromatic nitrogens is 4. The second kappa shape index (κ2) is 12.8. The summed E-state index contributed by atoms with van der Waals surface area (Å²) < 4.78 is 2.44. The van der Waals surface area contributed by atoms with Crippen LogP contribution in [-0.2, 0) is 0 Å². The van der Waals surface area contributed by atoms with Crippen LogP contribution in [0.1, 0.15) is 0 Å². The highest BCUT2D eigenvalue weighted by Crippen LogP contribution is 2.45. The lowest BCUT2D eigenvalue weighted by atomic mass is 9.93. The van der Waals surface area contributed by atoms with Crippen molar-refractivity contribution in [1.82, 2.24) is 19.9 Å². The summed E-state index contributed by atoms with van der Waals surface area (Å²) in [4.78, 5) is 20.7. The van der Waals surface area contributed by atoms with Gasteiger partial charge in [0.05, 0.1) is 11.2 Å². The topological polar surface area (TPSA) is 51.6 Å². The molecule has 0 saturated carbocycles. The molecule has 11 rings (SSSR count). The zero-order valence-corrected chi connectivity index (χ0v) is 30.3. The van der Waals surface area contributed by atoms with E-state index in [0.717, 1.165) is 44.4 Å². The molecule has 0 amide bonds. The van der Waals surface area contributed by atoms with Crippen LogP contribution in [0.15, 0.2) is 182 Å². The Morgan fingerprint density at radius 1 is 0.345 bits per heavy atom. The molecule has 0 aliphatic rings. The van der Waals surface area contributed by atoms with Crippen molar-refractivity contribution in [3.63, 3.8) is 0 Å². The molecule has 8 aromatic carbocycles. The van der Waals surface area contributed by atoms with Crippen molar-refractivity contribution in [2.45, 2.75) is 0 Å². The van der Waals surface area contributed by atoms with E-state index >= 15 is 0 Å². The molecular formula is C50H30N4S. The van der Waals surface area contributed by atoms with E-state index in [-0.39, 0.29) is 0 Å². The van der Waals surface area contributed by atoms with Crippen LogP contribution in [0.25, 0.3) is 109 Å². The van der Waals surface area contributed by atoms with Gasteiger partial charge >= 0.3 is 0 Å². The number of thiophene rings is 1. The molecular weight excluding hydrogens is 689 g/mol. The fourth-order valence-corrected chi connectivity index (χ4v) is 9.07. The minimum absolute atomic E-state index is 0.622. The molecule has 0 bridgehead atoms. The molecule has 3 aromatic heterocycles. The van der Waals surface area contributed by atoms with Gasteiger partial charge in [0.2, 0.25) is 0 Å². The second-order valence-electron chi connectivity index (χ2n) is 13.8. The van der Waals surface area contributed by atoms with E-state index in [4.69, 9.17) is 19.9 Å². The van der Waals surface area contributed by atoms with Gasteiger partial charge in [0, 0.05) is 47.8 Å². The molecule has 0 saturated heterocycles. The predicted molar refractivity (Wildman–Crippen MR) is 230 cm³/mol. The minimum atomic E-state index is 0.622. The quantitative estimate of drug-likeness (QED) is 0.166. The van der Waals surface area contributed by atoms with Crippen LogP contribution >= 0.6 is 11.3 Å². The number of hydrogen-bond donors (Lipinski definition) is 0. The van der Waals surface area contributed by atoms with Gasteiger partial charge in [-0.2, -0.15) is 0 Å². The van der Waals surface area contributed by atoms with E-state index in [2.05, 4.69) is 146 Å². The first-order valence-corrected chi connectivity index (χ1v) is 19.2. The zero-order valence-electron chi connectivity index (χ0n) is 29.5. The smallest absolute Gasteiger partial charge is 0.164 e. The molecule has 3 heterocycles. The van der Waals surface area contributed by atoms with Crippen LogP contribution in [0.4, 0.5) is 0 Å². The van der Waals surface area contributed by atoms with E-state index < -0.39 is 0 Å². The summed E-state index contributed by atoms with van der Waals surface area (Å²) in [5, 5.41) is 8.35. The third kappa shape index (κ3) is 5.36. The Labute approximate surface area is 321 Å². The van der Waals surface area contributed by atoms with E-state index in [0.29, 0.717) is 17.5 Å². The Bertz CT molecular complexity index is 3250. The largest absolute Gasteiger partial charge is 0.247 e. The fraction of sp³-hybridized carbons (Fsp3) is 0. The third-order valence-corrected chi connectivity index (χ3v) is 11.7. The normalized spacial score (nSPS) is 11.6. The number of rotatable bonds is 5. The number of nitrogens with zero attached hydrogens (tertiary/aromatic N) is 4. The second-order valence-corrected chi connectivity index (χ2v) is 14.9. The van der Waals surface area contributed by atoms with Gasteiger partial charge < -0.3 is 0 Å². The Kier molecular flexibility index (Phi) is 7.32. The van der Waals surface area contributed by atoms with E-state index in [9.17, 15) is 0 Å². The molecule has 256 valence electrons. The highest BCUT2D eigenvalue weighted by molar-refractivity contribution is 7.26. The van der Waals surface area contributed by atoms with Crippen LogP contribution < -0.4 is 0 Å². The van der Waals surface area contributed by atoms with Gasteiger partial charge in [-0.1, -0.05) is 152 Å². The average molecular weight is 719 g/mol. The standard InChI is InChI=1S/C50H30N4S/c1-3-13-31(14-4-1)32-23-25-34(26-24-32)49-52-48(33-15-5-2-6-16-33)53-50(54-49)36-27-28-43-42(30-36)47-45(40-21-11-12-22-44(40)55-47)46(51-43)41-29-35-17-7-8-18-37(35)38-19-9-10-20-39(38)41/h1-30H. The monoisotopic (exact) mass is 718 g/mol. The van der Waals surface area contributed by atoms with Crippen molar-refractivity contribution in [1.29, 1.82) is 0 Å². The summed E-state index contributed by atoms with van der Waals surface area (Å²) in [6, 6.07) is 63.8. The van der Waals surface area contributed by atoms with Crippen molar-refractivity contribution in [2.24, 2.45) is 0 Å². The van der Waals surface area contributed by atoms with Gasteiger partial charge in [-0.05, 0) is 63.0 Å². The summed E-state index contributed by atoms with van der Waals surface area (Å²) in [6.07, 6.45) is 0. The van der Waals surface area contributed by atoms with Gasteiger partial charge in [-0.3, -0.25) is 0 Å². The maximum atomic E-state index is 5.50. The van der Waals surface area contributed by atoms with Crippen LogP contribution in [-0.4, -0.2) is 19.9 Å². The van der Waals surface area contributed by atoms with Crippen LogP contribution in [0.3, 0.4) is 0 Å². The van der Waals surface area contributed by atoms with E-state index in [1.54, 1.807) is 0 Å². The summed E-state index contributed by atoms with van der Waals surface area (Å²) in [5.41, 5.74) is 8.18. The molecule has 0 N–H and O–H groups in total. The Morgan fingerprint density at radius 3 is 1.62 bits per heavy atom. The van der Waals surface area contributed by atoms with Crippen molar-refractivity contribution in [3.05, 3.63) is 182 Å². The molecule has 0 aliphatic heterocycles. The number of fused-ring (bicyclic) bond motifs is 8. The summed E-state index contributed by atoms with van der Waals surface area (Å²) in [7, 11) is 0. The van der Waals surface area contributed by atoms with Crippen LogP contribution in [0, 0.1) is 0 Å². The molecule has 0 unspecified atom stereocenters. The van der Waals surface area contributed by atoms with Gasteiger partial charge in [0.1, 0.15) is 0 Å². The lowest BCUT2D eigenvalue weighted by Crippen LogP contribution is -2.00. The molecule has 0 aliphatic carbocycles. The maximum Gasteiger partial charge on any atom is 0.164 e. The first-order valence-electron chi connectivity index (χ1n) is 18.4. The third-order valence-electron chi connectivity index (χ3n) is 10.5. The molecule has 0 atom stereocenters. The molecule has 0 fully saturated rings. The van der Waals surface area contributed by atoms with Crippen LogP contribution in [0.5, 0.6) is 0 Å². The lowest BCUT2D eigenvalue weighted by Gasteiger charge is -2.14. The van der Waals surface area contributed by atoms with Gasteiger partial charge in [-0.15, -0.1) is 11.3 Å². The molecule has 5 heteroatoms. The first kappa shape index (κ1) is 31.4. The number of hydrogen-bond acceptors (Lipinski definition) is 5. The predicted octanol–water partition coefficient (Wildman–Crippen LogP) is 13.4. The van der Waals surface area contributed by atoms with Gasteiger partial charge in [0.15, 0.2) is 17.5 Å². The average Bonchev–Trinajstić information content (AvgIpc) is 3.66. The number of pyridine rings is 1. The van der Waals surface area contributed by atoms with Gasteiger partial charge in [0.25, 0.3) is 0 Å². The van der Waals surface area contributed by atoms with Crippen molar-refractivity contribution in [3.8, 4) is 56.5 Å². The first-order chi connectivity index (χ1) is 27.2. The zero-order chi connectivity index (χ0) is 36.3. The highest BCUT2D eigenvalue weighted by atomic mass is 32.1. The fourth-order valence-electron chi connectivity index (χ4n) is 7.84. The summed E-state index contributed by atoms with van der Waals surface area (Å²) >= 11 is 1.82. The molecule has 0 spiro atoms. The van der Waals surface area contributed by atoms with Crippen molar-refractivity contribution >= 4 is 64.0 Å². The van der Waals surface area contributed by atoms with Crippen molar-refractivity contribution in [2.75, 3.05) is 0 Å². The Morgan fingerprint density at radius 2 is 0.873 bits per heavy atom. The Hall–Kier alpha value is -7.08. The molecule has 11 aromatic rings. The lowest BCUT2D eigenvalue weighted by molar-refractivity contribution is 1.07. The summed E-state index contributed by atoms with van der Waals surface area (Å²) in [5.74, 6) is 1.89. The summed E-state index contributed by atoms with van der Waals surface area (Å²) in [6.45, 7) is 0. The molecule has 0 radical (unpaired) electrons. The van der Waals surface area contributed by atoms with Crippen molar-refractivity contribution < 1.29 is 0 Å². The SMILES string of the molecule is c1ccc(-c2ccc(-c3nc(-c4ccccc4)nc(-c4ccc5nc(-c6cc7ccccc7c7ccccc67)c6c7ccccc7sc6c5c4)n3)cc2)cc1. The number of benzene rings is 8. The highest BCUT2D eigenvalue weighted by Gasteiger charge is 2.20.